The van der Waals surface area contributed by atoms with Crippen molar-refractivity contribution in [3.05, 3.63) is 48.3 Å². The van der Waals surface area contributed by atoms with Gasteiger partial charge in [-0.1, -0.05) is 6.92 Å². The Bertz CT molecular complexity index is 940. The van der Waals surface area contributed by atoms with Gasteiger partial charge in [-0.2, -0.15) is 0 Å². The summed E-state index contributed by atoms with van der Waals surface area (Å²) in [6.07, 6.45) is 1.79. The molecule has 0 saturated carbocycles. The minimum Gasteiger partial charge on any atom is -0.384 e. The number of carbonyl (C=O) groups is 1. The van der Waals surface area contributed by atoms with Crippen LogP contribution >= 0.6 is 11.3 Å². The standard InChI is InChI=1S/C17H22N4O3S/c1-4-11-10-6-8-25-13(10)5-7-21(11)9-12(22)14-15(18)19(2)17(24)20(3)16(14)23/h6,8,11H,4-5,7,9,18H2,1-3H3/t11-/m1/s1. The predicted octanol–water partition coefficient (Wildman–Crippen LogP) is 0.920. The number of carbonyl (C=O) groups excluding carboxylic acids is 1. The Balaban J connectivity index is 1.94. The van der Waals surface area contributed by atoms with Crippen molar-refractivity contribution in [2.45, 2.75) is 25.8 Å². The summed E-state index contributed by atoms with van der Waals surface area (Å²) in [4.78, 5) is 40.6. The Kier molecular flexibility index (Phi) is 4.66. The van der Waals surface area contributed by atoms with E-state index in [9.17, 15) is 14.4 Å². The van der Waals surface area contributed by atoms with E-state index in [1.54, 1.807) is 11.3 Å². The van der Waals surface area contributed by atoms with E-state index >= 15 is 0 Å². The van der Waals surface area contributed by atoms with Gasteiger partial charge < -0.3 is 5.73 Å². The first kappa shape index (κ1) is 17.6. The summed E-state index contributed by atoms with van der Waals surface area (Å²) < 4.78 is 2.06. The van der Waals surface area contributed by atoms with Crippen LogP contribution in [0.15, 0.2) is 21.0 Å². The minimum absolute atomic E-state index is 0.0700. The lowest BCUT2D eigenvalue weighted by molar-refractivity contribution is 0.0876. The SMILES string of the molecule is CC[C@@H]1c2ccsc2CCN1CC(=O)c1c(N)n(C)c(=O)n(C)c1=O. The summed E-state index contributed by atoms with van der Waals surface area (Å²) in [7, 11) is 2.82. The molecule has 0 fully saturated rings. The van der Waals surface area contributed by atoms with Gasteiger partial charge in [-0.15, -0.1) is 11.3 Å². The smallest absolute Gasteiger partial charge is 0.332 e. The van der Waals surface area contributed by atoms with Crippen molar-refractivity contribution in [1.29, 1.82) is 0 Å². The van der Waals surface area contributed by atoms with E-state index in [1.165, 1.54) is 24.5 Å². The molecule has 2 aromatic heterocycles. The van der Waals surface area contributed by atoms with Crippen LogP contribution in [0.25, 0.3) is 0 Å². The van der Waals surface area contributed by atoms with E-state index in [2.05, 4.69) is 23.3 Å². The third kappa shape index (κ3) is 2.85. The molecule has 1 atom stereocenters. The Hall–Kier alpha value is -2.19. The van der Waals surface area contributed by atoms with Gasteiger partial charge in [0.1, 0.15) is 11.4 Å². The van der Waals surface area contributed by atoms with E-state index in [1.807, 2.05) is 0 Å². The maximum Gasteiger partial charge on any atom is 0.332 e. The normalized spacial score (nSPS) is 17.5. The lowest BCUT2D eigenvalue weighted by Gasteiger charge is -2.34. The van der Waals surface area contributed by atoms with Gasteiger partial charge in [0.2, 0.25) is 0 Å². The lowest BCUT2D eigenvalue weighted by Crippen LogP contribution is -2.44. The van der Waals surface area contributed by atoms with Crippen LogP contribution in [-0.2, 0) is 20.5 Å². The fourth-order valence-corrected chi connectivity index (χ4v) is 4.43. The number of rotatable bonds is 4. The second-order valence-electron chi connectivity index (χ2n) is 6.33. The average Bonchev–Trinajstić information content (AvgIpc) is 3.07. The number of nitrogens with zero attached hydrogens (tertiary/aromatic N) is 3. The molecule has 0 unspecified atom stereocenters. The minimum atomic E-state index is -0.633. The second kappa shape index (κ2) is 6.61. The summed E-state index contributed by atoms with van der Waals surface area (Å²) >= 11 is 1.75. The van der Waals surface area contributed by atoms with Crippen molar-refractivity contribution >= 4 is 22.9 Å². The van der Waals surface area contributed by atoms with Gasteiger partial charge in [0.25, 0.3) is 5.56 Å². The molecule has 0 bridgehead atoms. The highest BCUT2D eigenvalue weighted by Gasteiger charge is 2.30. The van der Waals surface area contributed by atoms with Crippen LogP contribution in [0.3, 0.4) is 0 Å². The number of thiophene rings is 1. The summed E-state index contributed by atoms with van der Waals surface area (Å²) in [5.41, 5.74) is 5.90. The van der Waals surface area contributed by atoms with Gasteiger partial charge in [0.15, 0.2) is 5.78 Å². The molecule has 0 aromatic carbocycles. The molecule has 1 aliphatic rings. The molecule has 0 saturated heterocycles. The molecule has 0 aliphatic carbocycles. The lowest BCUT2D eigenvalue weighted by atomic mass is 9.97. The van der Waals surface area contributed by atoms with Gasteiger partial charge in [0.05, 0.1) is 6.54 Å². The zero-order valence-electron chi connectivity index (χ0n) is 14.6. The van der Waals surface area contributed by atoms with E-state index in [-0.39, 0.29) is 29.8 Å². The van der Waals surface area contributed by atoms with Crippen LogP contribution < -0.4 is 17.0 Å². The molecule has 0 amide bonds. The fourth-order valence-electron chi connectivity index (χ4n) is 3.50. The quantitative estimate of drug-likeness (QED) is 0.817. The fraction of sp³-hybridized carbons (Fsp3) is 0.471. The number of hydrogen-bond donors (Lipinski definition) is 1. The Labute approximate surface area is 149 Å². The molecule has 134 valence electrons. The van der Waals surface area contributed by atoms with Crippen LogP contribution in [0.4, 0.5) is 5.82 Å². The van der Waals surface area contributed by atoms with E-state index in [0.717, 1.165) is 28.5 Å². The number of nitrogen functional groups attached to an aromatic ring is 1. The molecule has 0 spiro atoms. The van der Waals surface area contributed by atoms with Crippen molar-refractivity contribution in [1.82, 2.24) is 14.0 Å². The molecule has 8 heteroatoms. The molecule has 0 radical (unpaired) electrons. The number of aromatic nitrogens is 2. The molecular weight excluding hydrogens is 340 g/mol. The molecular formula is C17H22N4O3S. The van der Waals surface area contributed by atoms with Crippen molar-refractivity contribution in [3.8, 4) is 0 Å². The largest absolute Gasteiger partial charge is 0.384 e. The first-order valence-corrected chi connectivity index (χ1v) is 9.13. The first-order valence-electron chi connectivity index (χ1n) is 8.25. The van der Waals surface area contributed by atoms with Gasteiger partial charge in [-0.25, -0.2) is 4.79 Å². The summed E-state index contributed by atoms with van der Waals surface area (Å²) in [6.45, 7) is 2.98. The van der Waals surface area contributed by atoms with Crippen molar-refractivity contribution in [2.75, 3.05) is 18.8 Å². The average molecular weight is 362 g/mol. The highest BCUT2D eigenvalue weighted by molar-refractivity contribution is 7.10. The molecule has 3 heterocycles. The summed E-state index contributed by atoms with van der Waals surface area (Å²) in [5.74, 6) is -0.412. The number of fused-ring (bicyclic) bond motifs is 1. The van der Waals surface area contributed by atoms with E-state index < -0.39 is 11.2 Å². The van der Waals surface area contributed by atoms with Crippen LogP contribution in [0.5, 0.6) is 0 Å². The molecule has 3 rings (SSSR count). The Morgan fingerprint density at radius 3 is 2.72 bits per heavy atom. The summed E-state index contributed by atoms with van der Waals surface area (Å²) in [5, 5.41) is 2.08. The number of hydrogen-bond acceptors (Lipinski definition) is 6. The zero-order chi connectivity index (χ0) is 18.3. The zero-order valence-corrected chi connectivity index (χ0v) is 15.4. The molecule has 25 heavy (non-hydrogen) atoms. The van der Waals surface area contributed by atoms with Crippen LogP contribution in [0.2, 0.25) is 0 Å². The molecule has 1 aliphatic heterocycles. The topological polar surface area (TPSA) is 90.3 Å². The Morgan fingerprint density at radius 2 is 2.04 bits per heavy atom. The molecule has 2 aromatic rings. The highest BCUT2D eigenvalue weighted by atomic mass is 32.1. The van der Waals surface area contributed by atoms with Crippen LogP contribution in [-0.4, -0.2) is 32.9 Å². The third-order valence-corrected chi connectivity index (χ3v) is 5.92. The molecule has 2 N–H and O–H groups in total. The second-order valence-corrected chi connectivity index (χ2v) is 7.33. The number of ketones is 1. The van der Waals surface area contributed by atoms with Crippen molar-refractivity contribution < 1.29 is 4.79 Å². The number of nitrogens with two attached hydrogens (primary N) is 1. The monoisotopic (exact) mass is 362 g/mol. The number of anilines is 1. The van der Waals surface area contributed by atoms with Gasteiger partial charge in [-0.3, -0.25) is 23.6 Å². The Morgan fingerprint density at radius 1 is 1.32 bits per heavy atom. The summed E-state index contributed by atoms with van der Waals surface area (Å²) in [6, 6.07) is 2.28. The van der Waals surface area contributed by atoms with Crippen molar-refractivity contribution in [3.63, 3.8) is 0 Å². The molecule has 7 nitrogen and oxygen atoms in total. The maximum atomic E-state index is 12.8. The van der Waals surface area contributed by atoms with Gasteiger partial charge in [-0.05, 0) is 29.9 Å². The van der Waals surface area contributed by atoms with E-state index in [0.29, 0.717) is 0 Å². The van der Waals surface area contributed by atoms with Crippen LogP contribution in [0, 0.1) is 0 Å². The van der Waals surface area contributed by atoms with Crippen LogP contribution in [0.1, 0.15) is 40.2 Å². The highest BCUT2D eigenvalue weighted by Crippen LogP contribution is 2.35. The predicted molar refractivity (Wildman–Crippen MR) is 98.3 cm³/mol. The van der Waals surface area contributed by atoms with Gasteiger partial charge >= 0.3 is 5.69 Å². The van der Waals surface area contributed by atoms with Crippen molar-refractivity contribution in [2.24, 2.45) is 14.1 Å². The van der Waals surface area contributed by atoms with E-state index in [4.69, 9.17) is 5.73 Å². The maximum absolute atomic E-state index is 12.8. The number of Topliss-reactive ketones (excluding diaryl/α,β-unsaturated/α-hetero) is 1. The van der Waals surface area contributed by atoms with Gasteiger partial charge in [0, 0.05) is 31.6 Å². The third-order valence-electron chi connectivity index (χ3n) is 4.93. The first-order chi connectivity index (χ1) is 11.9.